The lowest BCUT2D eigenvalue weighted by Crippen LogP contribution is -2.28. The molecule has 3 heteroatoms. The first-order valence-corrected chi connectivity index (χ1v) is 6.93. The molecule has 88 valence electrons. The van der Waals surface area contributed by atoms with E-state index < -0.39 is 0 Å². The first-order valence-electron chi connectivity index (χ1n) is 5.81. The fourth-order valence-electron chi connectivity index (χ4n) is 2.26. The molecule has 0 aromatic heterocycles. The third kappa shape index (κ3) is 3.06. The predicted molar refractivity (Wildman–Crippen MR) is 70.0 cm³/mol. The van der Waals surface area contributed by atoms with Gasteiger partial charge in [0.15, 0.2) is 0 Å². The van der Waals surface area contributed by atoms with Gasteiger partial charge in [-0.1, -0.05) is 46.3 Å². The van der Waals surface area contributed by atoms with Gasteiger partial charge in [-0.3, -0.25) is 0 Å². The molecule has 0 amide bonds. The number of aliphatic hydroxyl groups is 1. The van der Waals surface area contributed by atoms with Crippen molar-refractivity contribution in [3.05, 3.63) is 35.9 Å². The van der Waals surface area contributed by atoms with Gasteiger partial charge >= 0.3 is 0 Å². The Bertz CT molecular complexity index is 317. The number of halogens is 1. The van der Waals surface area contributed by atoms with Crippen molar-refractivity contribution in [2.45, 2.75) is 18.4 Å². The minimum atomic E-state index is -0.119. The maximum Gasteiger partial charge on any atom is 0.0679 e. The van der Waals surface area contributed by atoms with E-state index in [0.29, 0.717) is 5.92 Å². The molecule has 2 rings (SSSR count). The van der Waals surface area contributed by atoms with Crippen LogP contribution in [0.15, 0.2) is 30.3 Å². The van der Waals surface area contributed by atoms with Crippen LogP contribution in [0.1, 0.15) is 17.9 Å². The molecule has 1 aliphatic heterocycles. The van der Waals surface area contributed by atoms with Crippen LogP contribution in [-0.4, -0.2) is 41.1 Å². The van der Waals surface area contributed by atoms with Gasteiger partial charge in [0.05, 0.1) is 6.10 Å². The summed E-state index contributed by atoms with van der Waals surface area (Å²) in [6.45, 7) is 2.89. The van der Waals surface area contributed by atoms with Crippen molar-refractivity contribution in [3.63, 3.8) is 0 Å². The summed E-state index contributed by atoms with van der Waals surface area (Å²) in [7, 11) is 0. The first-order chi connectivity index (χ1) is 7.79. The Labute approximate surface area is 105 Å². The monoisotopic (exact) mass is 283 g/mol. The Morgan fingerprint density at radius 2 is 2.12 bits per heavy atom. The summed E-state index contributed by atoms with van der Waals surface area (Å²) >= 11 is 3.59. The molecule has 0 spiro atoms. The fraction of sp³-hybridized carbons (Fsp3) is 0.538. The first kappa shape index (κ1) is 12.1. The number of β-amino-alcohol motifs (C(OH)–C–C–N with tert-alkyl or cyclic N) is 1. The van der Waals surface area contributed by atoms with Crippen molar-refractivity contribution in [2.24, 2.45) is 0 Å². The molecule has 16 heavy (non-hydrogen) atoms. The number of benzene rings is 1. The minimum absolute atomic E-state index is 0.119. The molecule has 1 heterocycles. The summed E-state index contributed by atoms with van der Waals surface area (Å²) in [4.78, 5) is 2.35. The molecular weight excluding hydrogens is 266 g/mol. The second-order valence-corrected chi connectivity index (χ2v) is 5.11. The van der Waals surface area contributed by atoms with Crippen molar-refractivity contribution in [1.29, 1.82) is 0 Å². The summed E-state index contributed by atoms with van der Waals surface area (Å²) in [5.41, 5.74) is 1.38. The number of hydrogen-bond acceptors (Lipinski definition) is 2. The highest BCUT2D eigenvalue weighted by Crippen LogP contribution is 2.21. The van der Waals surface area contributed by atoms with Crippen LogP contribution in [0.3, 0.4) is 0 Å². The quantitative estimate of drug-likeness (QED) is 0.857. The summed E-state index contributed by atoms with van der Waals surface area (Å²) < 4.78 is 0. The predicted octanol–water partition coefficient (Wildman–Crippen LogP) is 2.23. The van der Waals surface area contributed by atoms with Gasteiger partial charge in [-0.2, -0.15) is 0 Å². The van der Waals surface area contributed by atoms with Crippen molar-refractivity contribution < 1.29 is 5.11 Å². The zero-order valence-corrected chi connectivity index (χ0v) is 10.9. The minimum Gasteiger partial charge on any atom is -0.392 e. The average molecular weight is 284 g/mol. The molecule has 0 aliphatic carbocycles. The van der Waals surface area contributed by atoms with Gasteiger partial charge in [0.1, 0.15) is 0 Å². The molecule has 1 aliphatic rings. The fourth-order valence-corrected chi connectivity index (χ4v) is 2.84. The lowest BCUT2D eigenvalue weighted by molar-refractivity contribution is 0.175. The SMILES string of the molecule is OC1CCN(CC(CBr)c2ccccc2)C1. The number of likely N-dealkylation sites (tertiary alicyclic amines) is 1. The molecule has 1 aromatic rings. The summed E-state index contributed by atoms with van der Waals surface area (Å²) in [5, 5.41) is 10.5. The Hall–Kier alpha value is -0.380. The Morgan fingerprint density at radius 1 is 1.38 bits per heavy atom. The van der Waals surface area contributed by atoms with E-state index in [4.69, 9.17) is 0 Å². The van der Waals surface area contributed by atoms with Crippen LogP contribution in [0.2, 0.25) is 0 Å². The van der Waals surface area contributed by atoms with Crippen molar-refractivity contribution in [3.8, 4) is 0 Å². The Balaban J connectivity index is 1.96. The topological polar surface area (TPSA) is 23.5 Å². The maximum atomic E-state index is 9.50. The highest BCUT2D eigenvalue weighted by molar-refractivity contribution is 9.09. The van der Waals surface area contributed by atoms with E-state index in [9.17, 15) is 5.11 Å². The number of alkyl halides is 1. The molecule has 2 nitrogen and oxygen atoms in total. The van der Waals surface area contributed by atoms with E-state index >= 15 is 0 Å². The molecule has 0 radical (unpaired) electrons. The van der Waals surface area contributed by atoms with Crippen LogP contribution < -0.4 is 0 Å². The zero-order valence-electron chi connectivity index (χ0n) is 9.35. The van der Waals surface area contributed by atoms with Gasteiger partial charge in [-0.15, -0.1) is 0 Å². The summed E-state index contributed by atoms with van der Waals surface area (Å²) in [6.07, 6.45) is 0.802. The van der Waals surface area contributed by atoms with Gasteiger partial charge in [0.2, 0.25) is 0 Å². The van der Waals surface area contributed by atoms with Crippen molar-refractivity contribution in [1.82, 2.24) is 4.90 Å². The number of rotatable bonds is 4. The van der Waals surface area contributed by atoms with E-state index in [1.807, 2.05) is 6.07 Å². The molecule has 2 unspecified atom stereocenters. The number of hydrogen-bond donors (Lipinski definition) is 1. The van der Waals surface area contributed by atoms with Gasteiger partial charge in [-0.25, -0.2) is 0 Å². The zero-order chi connectivity index (χ0) is 11.4. The molecular formula is C13H18BrNO. The van der Waals surface area contributed by atoms with E-state index in [0.717, 1.165) is 31.4 Å². The van der Waals surface area contributed by atoms with E-state index in [1.165, 1.54) is 5.56 Å². The second-order valence-electron chi connectivity index (χ2n) is 4.46. The molecule has 1 saturated heterocycles. The van der Waals surface area contributed by atoms with Crippen molar-refractivity contribution >= 4 is 15.9 Å². The van der Waals surface area contributed by atoms with Gasteiger partial charge in [0, 0.05) is 30.9 Å². The highest BCUT2D eigenvalue weighted by atomic mass is 79.9. The van der Waals surface area contributed by atoms with Crippen LogP contribution in [0.4, 0.5) is 0 Å². The van der Waals surface area contributed by atoms with Crippen LogP contribution in [0.25, 0.3) is 0 Å². The smallest absolute Gasteiger partial charge is 0.0679 e. The molecule has 1 aromatic carbocycles. The van der Waals surface area contributed by atoms with E-state index in [1.54, 1.807) is 0 Å². The second kappa shape index (κ2) is 5.80. The average Bonchev–Trinajstić information content (AvgIpc) is 2.73. The molecule has 0 bridgehead atoms. The standard InChI is InChI=1S/C13H18BrNO/c14-8-12(11-4-2-1-3-5-11)9-15-7-6-13(16)10-15/h1-5,12-13,16H,6-10H2. The number of aliphatic hydroxyl groups excluding tert-OH is 1. The lowest BCUT2D eigenvalue weighted by atomic mass is 10.0. The number of nitrogens with zero attached hydrogens (tertiary/aromatic N) is 1. The van der Waals surface area contributed by atoms with Gasteiger partial charge in [-0.05, 0) is 12.0 Å². The van der Waals surface area contributed by atoms with Crippen LogP contribution >= 0.6 is 15.9 Å². The van der Waals surface area contributed by atoms with Gasteiger partial charge in [0.25, 0.3) is 0 Å². The Kier molecular flexibility index (Phi) is 4.38. The molecule has 1 N–H and O–H groups in total. The molecule has 2 atom stereocenters. The van der Waals surface area contributed by atoms with Gasteiger partial charge < -0.3 is 10.0 Å². The lowest BCUT2D eigenvalue weighted by Gasteiger charge is -2.22. The van der Waals surface area contributed by atoms with Crippen molar-refractivity contribution in [2.75, 3.05) is 25.0 Å². The maximum absolute atomic E-state index is 9.50. The normalized spacial score (nSPS) is 23.5. The third-order valence-corrected chi connectivity index (χ3v) is 3.96. The third-order valence-electron chi connectivity index (χ3n) is 3.18. The Morgan fingerprint density at radius 3 is 2.69 bits per heavy atom. The molecule has 1 fully saturated rings. The van der Waals surface area contributed by atoms with Crippen LogP contribution in [0, 0.1) is 0 Å². The summed E-state index contributed by atoms with van der Waals surface area (Å²) in [6, 6.07) is 10.6. The summed E-state index contributed by atoms with van der Waals surface area (Å²) in [5.74, 6) is 0.520. The van der Waals surface area contributed by atoms with Crippen LogP contribution in [0.5, 0.6) is 0 Å². The molecule has 0 saturated carbocycles. The van der Waals surface area contributed by atoms with E-state index in [2.05, 4.69) is 45.1 Å². The van der Waals surface area contributed by atoms with Crippen LogP contribution in [-0.2, 0) is 0 Å². The largest absolute Gasteiger partial charge is 0.392 e. The van der Waals surface area contributed by atoms with E-state index in [-0.39, 0.29) is 6.10 Å². The highest BCUT2D eigenvalue weighted by Gasteiger charge is 2.23.